The Balaban J connectivity index is 1.03. The van der Waals surface area contributed by atoms with Crippen LogP contribution in [0, 0.1) is 5.82 Å². The highest BCUT2D eigenvalue weighted by Crippen LogP contribution is 2.34. The fourth-order valence-electron chi connectivity index (χ4n) is 6.35. The molecule has 10 heteroatoms. The fourth-order valence-corrected chi connectivity index (χ4v) is 6.67. The second-order valence-electron chi connectivity index (χ2n) is 11.2. The van der Waals surface area contributed by atoms with E-state index in [4.69, 9.17) is 33.3 Å². The topological polar surface area (TPSA) is 70.1 Å². The molecule has 1 atom stereocenters. The Hall–Kier alpha value is -2.94. The van der Waals surface area contributed by atoms with Crippen LogP contribution in [0.1, 0.15) is 73.8 Å². The largest absolute Gasteiger partial charge is 0.340 e. The van der Waals surface area contributed by atoms with Gasteiger partial charge in [0.25, 0.3) is 0 Å². The van der Waals surface area contributed by atoms with Crippen molar-refractivity contribution in [2.45, 2.75) is 64.0 Å². The maximum atomic E-state index is 13.3. The number of hydrogen-bond acceptors (Lipinski definition) is 4. The number of benzene rings is 2. The summed E-state index contributed by atoms with van der Waals surface area (Å²) in [5.41, 5.74) is 4.98. The number of nitrogens with one attached hydrogen (secondary N) is 1. The van der Waals surface area contributed by atoms with E-state index in [1.807, 2.05) is 17.0 Å². The Labute approximate surface area is 249 Å². The van der Waals surface area contributed by atoms with E-state index >= 15 is 0 Å². The average Bonchev–Trinajstić information content (AvgIpc) is 3.72. The maximum Gasteiger partial charge on any atom is 0.224 e. The monoisotopic (exact) mass is 596 g/mol. The first-order chi connectivity index (χ1) is 19.9. The van der Waals surface area contributed by atoms with Crippen LogP contribution in [0.2, 0.25) is 10.0 Å². The number of aryl methyl sites for hydroxylation is 1. The minimum absolute atomic E-state index is 0.0448. The highest BCUT2D eigenvalue weighted by atomic mass is 35.5. The van der Waals surface area contributed by atoms with Crippen LogP contribution in [-0.4, -0.2) is 61.6 Å². The standard InChI is InChI=1S/C31H35Cl2FN6O/c1-2-40-29(17-23(37-40)16-20-5-7-22(34)8-6-20)21-9-13-38(14-10-21)15-11-30(41)39-12-3-4-28(39)31-35-26-18-24(32)25(33)19-27(26)36-31/h5-8,17-19,21,28H,2-4,9-16H2,1H3,(H,35,36)/t28-/m0/s1. The van der Waals surface area contributed by atoms with Gasteiger partial charge in [0, 0.05) is 44.1 Å². The van der Waals surface area contributed by atoms with Gasteiger partial charge in [-0.25, -0.2) is 9.37 Å². The molecule has 2 fully saturated rings. The number of carbonyl (C=O) groups excluding carboxylic acids is 1. The Morgan fingerprint density at radius 1 is 1.05 bits per heavy atom. The molecule has 2 aliphatic rings. The molecule has 2 aliphatic heterocycles. The van der Waals surface area contributed by atoms with Crippen LogP contribution in [0.15, 0.2) is 42.5 Å². The van der Waals surface area contributed by atoms with Crippen molar-refractivity contribution in [1.82, 2.24) is 29.5 Å². The summed E-state index contributed by atoms with van der Waals surface area (Å²) in [4.78, 5) is 25.8. The second-order valence-corrected chi connectivity index (χ2v) is 12.0. The third kappa shape index (κ3) is 6.15. The summed E-state index contributed by atoms with van der Waals surface area (Å²) >= 11 is 12.4. The molecule has 0 spiro atoms. The lowest BCUT2D eigenvalue weighted by atomic mass is 9.92. The van der Waals surface area contributed by atoms with E-state index in [0.29, 0.717) is 28.8 Å². The van der Waals surface area contributed by atoms with Crippen LogP contribution in [0.3, 0.4) is 0 Å². The van der Waals surface area contributed by atoms with Crippen LogP contribution in [0.5, 0.6) is 0 Å². The Morgan fingerprint density at radius 2 is 1.80 bits per heavy atom. The highest BCUT2D eigenvalue weighted by Gasteiger charge is 2.32. The predicted octanol–water partition coefficient (Wildman–Crippen LogP) is 6.75. The SMILES string of the molecule is CCn1nc(Cc2ccc(F)cc2)cc1C1CCN(CCC(=O)N2CCC[C@H]2c2nc3cc(Cl)c(Cl)cc3[nH]2)CC1. The summed E-state index contributed by atoms with van der Waals surface area (Å²) in [6.45, 7) is 6.41. The maximum absolute atomic E-state index is 13.3. The zero-order valence-corrected chi connectivity index (χ0v) is 24.8. The summed E-state index contributed by atoms with van der Waals surface area (Å²) < 4.78 is 15.4. The molecule has 0 unspecified atom stereocenters. The molecule has 2 saturated heterocycles. The van der Waals surface area contributed by atoms with E-state index in [9.17, 15) is 9.18 Å². The average molecular weight is 598 g/mol. The minimum atomic E-state index is -0.218. The Morgan fingerprint density at radius 3 is 2.56 bits per heavy atom. The van der Waals surface area contributed by atoms with Crippen LogP contribution in [-0.2, 0) is 17.8 Å². The molecule has 1 amide bonds. The lowest BCUT2D eigenvalue weighted by Gasteiger charge is -2.32. The third-order valence-corrected chi connectivity index (χ3v) is 9.26. The summed E-state index contributed by atoms with van der Waals surface area (Å²) in [5.74, 6) is 1.22. The summed E-state index contributed by atoms with van der Waals surface area (Å²) in [5, 5.41) is 5.80. The fraction of sp³-hybridized carbons (Fsp3) is 0.452. The smallest absolute Gasteiger partial charge is 0.224 e. The molecule has 4 heterocycles. The number of likely N-dealkylation sites (tertiary alicyclic amines) is 2. The number of hydrogen-bond donors (Lipinski definition) is 1. The number of aromatic amines is 1. The van der Waals surface area contributed by atoms with Gasteiger partial charge < -0.3 is 14.8 Å². The number of nitrogens with zero attached hydrogens (tertiary/aromatic N) is 5. The molecule has 0 aliphatic carbocycles. The van der Waals surface area contributed by atoms with Crippen LogP contribution in [0.4, 0.5) is 4.39 Å². The van der Waals surface area contributed by atoms with Gasteiger partial charge in [0.05, 0.1) is 32.8 Å². The van der Waals surface area contributed by atoms with Crippen molar-refractivity contribution in [3.63, 3.8) is 0 Å². The molecule has 7 nitrogen and oxygen atoms in total. The number of halogens is 3. The predicted molar refractivity (Wildman–Crippen MR) is 160 cm³/mol. The molecule has 4 aromatic rings. The molecular weight excluding hydrogens is 562 g/mol. The first-order valence-corrected chi connectivity index (χ1v) is 15.3. The number of fused-ring (bicyclic) bond motifs is 1. The quantitative estimate of drug-likeness (QED) is 0.244. The molecule has 0 radical (unpaired) electrons. The van der Waals surface area contributed by atoms with Gasteiger partial charge in [-0.3, -0.25) is 9.48 Å². The zero-order chi connectivity index (χ0) is 28.5. The lowest BCUT2D eigenvalue weighted by molar-refractivity contribution is -0.132. The van der Waals surface area contributed by atoms with Gasteiger partial charge in [-0.1, -0.05) is 35.3 Å². The van der Waals surface area contributed by atoms with Crippen molar-refractivity contribution in [2.75, 3.05) is 26.2 Å². The number of rotatable bonds is 8. The van der Waals surface area contributed by atoms with Gasteiger partial charge >= 0.3 is 0 Å². The summed E-state index contributed by atoms with van der Waals surface area (Å²) in [6, 6.07) is 12.4. The van der Waals surface area contributed by atoms with E-state index < -0.39 is 0 Å². The molecular formula is C31H35Cl2FN6O. The molecule has 1 N–H and O–H groups in total. The third-order valence-electron chi connectivity index (χ3n) is 8.54. The first kappa shape index (κ1) is 28.2. The summed E-state index contributed by atoms with van der Waals surface area (Å²) in [7, 11) is 0. The minimum Gasteiger partial charge on any atom is -0.340 e. The van der Waals surface area contributed by atoms with Crippen molar-refractivity contribution in [3.8, 4) is 0 Å². The van der Waals surface area contributed by atoms with Gasteiger partial charge in [-0.2, -0.15) is 5.10 Å². The van der Waals surface area contributed by atoms with Crippen LogP contribution < -0.4 is 0 Å². The van der Waals surface area contributed by atoms with Crippen LogP contribution in [0.25, 0.3) is 11.0 Å². The number of aromatic nitrogens is 4. The van der Waals surface area contributed by atoms with Crippen molar-refractivity contribution in [1.29, 1.82) is 0 Å². The number of carbonyl (C=O) groups is 1. The molecule has 0 bridgehead atoms. The van der Waals surface area contributed by atoms with E-state index in [2.05, 4.69) is 27.6 Å². The molecule has 41 heavy (non-hydrogen) atoms. The van der Waals surface area contributed by atoms with E-state index in [1.165, 1.54) is 17.8 Å². The van der Waals surface area contributed by atoms with Crippen molar-refractivity contribution < 1.29 is 9.18 Å². The van der Waals surface area contributed by atoms with Crippen molar-refractivity contribution in [3.05, 3.63) is 81.1 Å². The Kier molecular flexibility index (Phi) is 8.33. The lowest BCUT2D eigenvalue weighted by Crippen LogP contribution is -2.38. The molecule has 2 aromatic carbocycles. The van der Waals surface area contributed by atoms with Crippen LogP contribution >= 0.6 is 23.2 Å². The van der Waals surface area contributed by atoms with Gasteiger partial charge in [0.2, 0.25) is 5.91 Å². The molecule has 0 saturated carbocycles. The normalized spacial score (nSPS) is 18.5. The van der Waals surface area contributed by atoms with Crippen molar-refractivity contribution in [2.24, 2.45) is 0 Å². The van der Waals surface area contributed by atoms with E-state index in [1.54, 1.807) is 12.1 Å². The van der Waals surface area contributed by atoms with E-state index in [0.717, 1.165) is 86.5 Å². The molecule has 2 aromatic heterocycles. The van der Waals surface area contributed by atoms with Crippen molar-refractivity contribution >= 4 is 40.1 Å². The number of H-pyrrole nitrogens is 1. The number of imidazole rings is 1. The van der Waals surface area contributed by atoms with Gasteiger partial charge in [-0.05, 0) is 81.6 Å². The second kappa shape index (κ2) is 12.1. The highest BCUT2D eigenvalue weighted by molar-refractivity contribution is 6.42. The van der Waals surface area contributed by atoms with Gasteiger partial charge in [0.15, 0.2) is 0 Å². The summed E-state index contributed by atoms with van der Waals surface area (Å²) in [6.07, 6.45) is 5.17. The zero-order valence-electron chi connectivity index (χ0n) is 23.3. The number of amides is 1. The molecule has 6 rings (SSSR count). The van der Waals surface area contributed by atoms with Gasteiger partial charge in [-0.15, -0.1) is 0 Å². The first-order valence-electron chi connectivity index (χ1n) is 14.6. The Bertz CT molecular complexity index is 1490. The molecule has 216 valence electrons. The number of piperidine rings is 1. The van der Waals surface area contributed by atoms with E-state index in [-0.39, 0.29) is 17.8 Å². The van der Waals surface area contributed by atoms with Gasteiger partial charge in [0.1, 0.15) is 11.6 Å².